The minimum atomic E-state index is 0.254. The van der Waals surface area contributed by atoms with Gasteiger partial charge in [-0.3, -0.25) is 0 Å². The van der Waals surface area contributed by atoms with E-state index in [2.05, 4.69) is 204 Å². The van der Waals surface area contributed by atoms with E-state index in [-0.39, 0.29) is 5.92 Å². The van der Waals surface area contributed by atoms with Crippen LogP contribution in [-0.2, 0) is 0 Å². The van der Waals surface area contributed by atoms with Crippen molar-refractivity contribution >= 4 is 76.5 Å². The van der Waals surface area contributed by atoms with Crippen molar-refractivity contribution in [2.24, 2.45) is 0 Å². The first-order chi connectivity index (χ1) is 29.3. The number of hydrogen-bond donors (Lipinski definition) is 0. The number of rotatable bonds is 6. The zero-order valence-corrected chi connectivity index (χ0v) is 32.6. The molecule has 2 aromatic heterocycles. The molecule has 10 aromatic rings. The lowest BCUT2D eigenvalue weighted by molar-refractivity contribution is 0.666. The van der Waals surface area contributed by atoms with Crippen LogP contribution in [0.4, 0.5) is 5.69 Å². The maximum atomic E-state index is 6.55. The topological polar surface area (TPSA) is 21.3 Å². The highest BCUT2D eigenvalue weighted by atomic mass is 16.3. The van der Waals surface area contributed by atoms with E-state index in [0.717, 1.165) is 46.9 Å². The first kappa shape index (κ1) is 33.7. The van der Waals surface area contributed by atoms with E-state index in [0.29, 0.717) is 0 Å². The van der Waals surface area contributed by atoms with Gasteiger partial charge in [-0.1, -0.05) is 152 Å². The Kier molecular flexibility index (Phi) is 7.80. The van der Waals surface area contributed by atoms with Crippen LogP contribution in [0.5, 0.6) is 0 Å². The van der Waals surface area contributed by atoms with Crippen molar-refractivity contribution in [3.8, 4) is 5.69 Å². The van der Waals surface area contributed by atoms with Gasteiger partial charge in [-0.15, -0.1) is 0 Å². The second-order valence-corrected chi connectivity index (χ2v) is 15.9. The van der Waals surface area contributed by atoms with Gasteiger partial charge in [0.25, 0.3) is 0 Å². The van der Waals surface area contributed by atoms with Gasteiger partial charge in [-0.2, -0.15) is 0 Å². The number of aromatic nitrogens is 1. The molecule has 2 aliphatic carbocycles. The fourth-order valence-corrected chi connectivity index (χ4v) is 9.80. The first-order valence-corrected chi connectivity index (χ1v) is 20.7. The summed E-state index contributed by atoms with van der Waals surface area (Å²) in [5.74, 6) is 0.254. The molecule has 59 heavy (non-hydrogen) atoms. The molecule has 280 valence electrons. The average molecular weight is 757 g/mol. The van der Waals surface area contributed by atoms with Crippen molar-refractivity contribution in [2.75, 3.05) is 4.90 Å². The Morgan fingerprint density at radius 2 is 1.27 bits per heavy atom. The molecule has 12 rings (SSSR count). The third kappa shape index (κ3) is 5.50. The number of fused-ring (bicyclic) bond motifs is 9. The lowest BCUT2D eigenvalue weighted by Gasteiger charge is -2.33. The van der Waals surface area contributed by atoms with Gasteiger partial charge < -0.3 is 13.9 Å². The molecular formula is C56H40N2O. The molecule has 3 heteroatoms. The van der Waals surface area contributed by atoms with Gasteiger partial charge in [-0.05, 0) is 101 Å². The second kappa shape index (κ2) is 13.6. The number of hydrogen-bond acceptors (Lipinski definition) is 2. The zero-order chi connectivity index (χ0) is 38.9. The highest BCUT2D eigenvalue weighted by Crippen LogP contribution is 2.43. The normalized spacial score (nSPS) is 15.7. The Labute approximate surface area is 342 Å². The lowest BCUT2D eigenvalue weighted by atomic mass is 9.89. The van der Waals surface area contributed by atoms with Gasteiger partial charge in [-0.25, -0.2) is 0 Å². The number of anilines is 1. The minimum absolute atomic E-state index is 0.254. The SMILES string of the molecule is C1=CC(c2ccc3c(c2)c2ccccc2n3-c2cccc3c2oc2ccccc23)CC=C1N(C1=CC=C(c2ccccc2)CC1)c1cc2ccccc2c2ccccc12. The predicted molar refractivity (Wildman–Crippen MR) is 248 cm³/mol. The summed E-state index contributed by atoms with van der Waals surface area (Å²) >= 11 is 0. The van der Waals surface area contributed by atoms with Crippen molar-refractivity contribution in [3.05, 3.63) is 223 Å². The number of allylic oxidation sites excluding steroid dienone is 7. The molecular weight excluding hydrogens is 717 g/mol. The molecule has 3 nitrogen and oxygen atoms in total. The van der Waals surface area contributed by atoms with Gasteiger partial charge in [0.15, 0.2) is 5.58 Å². The monoisotopic (exact) mass is 756 g/mol. The summed E-state index contributed by atoms with van der Waals surface area (Å²) in [4.78, 5) is 2.54. The summed E-state index contributed by atoms with van der Waals surface area (Å²) < 4.78 is 8.94. The molecule has 1 atom stereocenters. The third-order valence-electron chi connectivity index (χ3n) is 12.6. The number of furan rings is 1. The van der Waals surface area contributed by atoms with Crippen LogP contribution >= 0.6 is 0 Å². The van der Waals surface area contributed by atoms with Crippen molar-refractivity contribution in [1.82, 2.24) is 4.57 Å². The van der Waals surface area contributed by atoms with Crippen LogP contribution in [0.25, 0.3) is 76.5 Å². The van der Waals surface area contributed by atoms with Gasteiger partial charge in [0.2, 0.25) is 0 Å². The Bertz CT molecular complexity index is 3430. The van der Waals surface area contributed by atoms with E-state index in [9.17, 15) is 0 Å². The van der Waals surface area contributed by atoms with E-state index < -0.39 is 0 Å². The van der Waals surface area contributed by atoms with Crippen LogP contribution in [0.2, 0.25) is 0 Å². The lowest BCUT2D eigenvalue weighted by Crippen LogP contribution is -2.23. The smallest absolute Gasteiger partial charge is 0.159 e. The largest absolute Gasteiger partial charge is 0.454 e. The van der Waals surface area contributed by atoms with E-state index in [1.807, 2.05) is 6.07 Å². The minimum Gasteiger partial charge on any atom is -0.454 e. The van der Waals surface area contributed by atoms with E-state index >= 15 is 0 Å². The number of benzene rings is 8. The molecule has 8 aromatic carbocycles. The molecule has 2 heterocycles. The summed E-state index contributed by atoms with van der Waals surface area (Å²) in [5, 5.41) is 9.87. The van der Waals surface area contributed by atoms with Gasteiger partial charge in [0.05, 0.1) is 22.4 Å². The number of nitrogens with zero attached hydrogens (tertiary/aromatic N) is 2. The Morgan fingerprint density at radius 1 is 0.542 bits per heavy atom. The molecule has 0 fully saturated rings. The highest BCUT2D eigenvalue weighted by Gasteiger charge is 2.25. The second-order valence-electron chi connectivity index (χ2n) is 15.9. The van der Waals surface area contributed by atoms with Crippen molar-refractivity contribution in [2.45, 2.75) is 25.2 Å². The average Bonchev–Trinajstić information content (AvgIpc) is 3.86. The molecule has 1 unspecified atom stereocenters. The van der Waals surface area contributed by atoms with Crippen LogP contribution in [0.1, 0.15) is 36.3 Å². The van der Waals surface area contributed by atoms with Gasteiger partial charge >= 0.3 is 0 Å². The van der Waals surface area contributed by atoms with Gasteiger partial charge in [0, 0.05) is 44.2 Å². The van der Waals surface area contributed by atoms with E-state index in [1.165, 1.54) is 77.1 Å². The van der Waals surface area contributed by atoms with Crippen LogP contribution in [0.3, 0.4) is 0 Å². The predicted octanol–water partition coefficient (Wildman–Crippen LogP) is 15.2. The van der Waals surface area contributed by atoms with Crippen molar-refractivity contribution in [3.63, 3.8) is 0 Å². The summed E-state index contributed by atoms with van der Waals surface area (Å²) in [6.45, 7) is 0. The fourth-order valence-electron chi connectivity index (χ4n) is 9.80. The van der Waals surface area contributed by atoms with Crippen molar-refractivity contribution < 1.29 is 4.42 Å². The summed E-state index contributed by atoms with van der Waals surface area (Å²) in [6, 6.07) is 61.6. The van der Waals surface area contributed by atoms with Crippen LogP contribution in [0.15, 0.2) is 216 Å². The molecule has 0 saturated heterocycles. The molecule has 0 radical (unpaired) electrons. The standard InChI is InChI=1S/C56H40N2O/c1-2-13-37(14-3-1)38-25-30-42(31-26-38)57(54-36-41-15-4-5-16-44(41)45-17-6-7-18-46(45)54)43-32-27-39(28-33-43)40-29-34-52-50(35-40)47-19-8-10-22-51(47)58(52)53-23-12-21-49-48-20-9-11-24-55(48)59-56(49)53/h1-25,27,29-30,32-36,39H,26,28,31H2. The molecule has 0 aliphatic heterocycles. The van der Waals surface area contributed by atoms with E-state index in [1.54, 1.807) is 0 Å². The van der Waals surface area contributed by atoms with E-state index in [4.69, 9.17) is 4.42 Å². The van der Waals surface area contributed by atoms with Crippen LogP contribution < -0.4 is 4.90 Å². The Balaban J connectivity index is 0.949. The maximum Gasteiger partial charge on any atom is 0.159 e. The molecule has 0 saturated carbocycles. The fraction of sp³-hybridized carbons (Fsp3) is 0.0714. The summed E-state index contributed by atoms with van der Waals surface area (Å²) in [5.41, 5.74) is 13.0. The third-order valence-corrected chi connectivity index (χ3v) is 12.6. The quantitative estimate of drug-likeness (QED) is 0.158. The zero-order valence-electron chi connectivity index (χ0n) is 32.6. The Hall–Kier alpha value is -7.36. The Morgan fingerprint density at radius 3 is 2.10 bits per heavy atom. The summed E-state index contributed by atoms with van der Waals surface area (Å²) in [7, 11) is 0. The van der Waals surface area contributed by atoms with Crippen molar-refractivity contribution in [1.29, 1.82) is 0 Å². The summed E-state index contributed by atoms with van der Waals surface area (Å²) in [6.07, 6.45) is 14.8. The molecule has 0 bridgehead atoms. The van der Waals surface area contributed by atoms with Crippen LogP contribution in [-0.4, -0.2) is 4.57 Å². The van der Waals surface area contributed by atoms with Crippen LogP contribution in [0, 0.1) is 0 Å². The first-order valence-electron chi connectivity index (χ1n) is 20.7. The number of para-hydroxylation sites is 3. The maximum absolute atomic E-state index is 6.55. The molecule has 2 aliphatic rings. The highest BCUT2D eigenvalue weighted by molar-refractivity contribution is 6.14. The molecule has 0 amide bonds. The molecule has 0 N–H and O–H groups in total. The van der Waals surface area contributed by atoms with Gasteiger partial charge in [0.1, 0.15) is 5.58 Å². The molecule has 0 spiro atoms.